The zero-order valence-electron chi connectivity index (χ0n) is 18.9. The van der Waals surface area contributed by atoms with Crippen LogP contribution in [0.5, 0.6) is 0 Å². The number of aromatic amines is 1. The van der Waals surface area contributed by atoms with Gasteiger partial charge in [0.05, 0.1) is 24.3 Å². The van der Waals surface area contributed by atoms with Crippen LogP contribution in [0, 0.1) is 0 Å². The highest BCUT2D eigenvalue weighted by Crippen LogP contribution is 2.32. The molecule has 1 aliphatic rings. The highest BCUT2D eigenvalue weighted by Gasteiger charge is 2.15. The summed E-state index contributed by atoms with van der Waals surface area (Å²) < 4.78 is 5.45. The number of hydrogen-bond acceptors (Lipinski definition) is 7. The van der Waals surface area contributed by atoms with Crippen LogP contribution in [-0.4, -0.2) is 41.3 Å². The molecule has 0 unspecified atom stereocenters. The molecule has 1 aliphatic heterocycles. The van der Waals surface area contributed by atoms with E-state index in [2.05, 4.69) is 27.3 Å². The van der Waals surface area contributed by atoms with E-state index < -0.39 is 0 Å². The van der Waals surface area contributed by atoms with Crippen molar-refractivity contribution >= 4 is 39.3 Å². The van der Waals surface area contributed by atoms with Crippen LogP contribution in [0.1, 0.15) is 0 Å². The molecule has 0 bridgehead atoms. The van der Waals surface area contributed by atoms with Gasteiger partial charge in [0.15, 0.2) is 0 Å². The fourth-order valence-electron chi connectivity index (χ4n) is 4.25. The Morgan fingerprint density at radius 2 is 1.74 bits per heavy atom. The molecule has 0 aliphatic carbocycles. The van der Waals surface area contributed by atoms with Gasteiger partial charge >= 0.3 is 0 Å². The Labute approximate surface area is 206 Å². The Kier molecular flexibility index (Phi) is 5.73. The lowest BCUT2D eigenvalue weighted by Crippen LogP contribution is -2.36. The molecule has 5 aromatic rings. The van der Waals surface area contributed by atoms with Crippen LogP contribution < -0.4 is 15.8 Å². The molecule has 0 saturated carbocycles. The summed E-state index contributed by atoms with van der Waals surface area (Å²) in [6, 6.07) is 22.1. The molecule has 0 atom stereocenters. The Morgan fingerprint density at radius 1 is 0.943 bits per heavy atom. The lowest BCUT2D eigenvalue weighted by Gasteiger charge is -2.28. The number of ether oxygens (including phenoxy) is 1. The Balaban J connectivity index is 1.36. The van der Waals surface area contributed by atoms with E-state index in [-0.39, 0.29) is 5.56 Å². The largest absolute Gasteiger partial charge is 0.378 e. The van der Waals surface area contributed by atoms with Gasteiger partial charge in [-0.15, -0.1) is 11.3 Å². The van der Waals surface area contributed by atoms with Crippen molar-refractivity contribution in [3.63, 3.8) is 0 Å². The Morgan fingerprint density at radius 3 is 2.54 bits per heavy atom. The van der Waals surface area contributed by atoms with Crippen molar-refractivity contribution in [2.75, 3.05) is 36.5 Å². The second-order valence-corrected chi connectivity index (χ2v) is 9.16. The maximum Gasteiger partial charge on any atom is 0.259 e. The zero-order valence-corrected chi connectivity index (χ0v) is 19.7. The summed E-state index contributed by atoms with van der Waals surface area (Å²) in [5.74, 6) is 0.507. The predicted molar refractivity (Wildman–Crippen MR) is 142 cm³/mol. The van der Waals surface area contributed by atoms with Crippen LogP contribution in [0.3, 0.4) is 0 Å². The summed E-state index contributed by atoms with van der Waals surface area (Å²) in [7, 11) is 0. The summed E-state index contributed by atoms with van der Waals surface area (Å²) in [5.41, 5.74) is 4.39. The average Bonchev–Trinajstić information content (AvgIpc) is 3.41. The molecular weight excluding hydrogens is 458 g/mol. The monoisotopic (exact) mass is 481 g/mol. The van der Waals surface area contributed by atoms with Crippen LogP contribution in [0.25, 0.3) is 32.7 Å². The minimum absolute atomic E-state index is 0.183. The molecule has 2 aromatic carbocycles. The van der Waals surface area contributed by atoms with Crippen molar-refractivity contribution in [1.29, 1.82) is 0 Å². The predicted octanol–water partition coefficient (Wildman–Crippen LogP) is 5.29. The van der Waals surface area contributed by atoms with E-state index in [1.807, 2.05) is 60.0 Å². The van der Waals surface area contributed by atoms with Crippen LogP contribution in [0.15, 0.2) is 83.1 Å². The third kappa shape index (κ3) is 4.41. The topological polar surface area (TPSA) is 83.1 Å². The average molecular weight is 482 g/mol. The molecule has 4 heterocycles. The van der Waals surface area contributed by atoms with E-state index in [0.717, 1.165) is 59.3 Å². The Bertz CT molecular complexity index is 1520. The number of H-pyrrole nitrogens is 1. The van der Waals surface area contributed by atoms with Gasteiger partial charge in [-0.2, -0.15) is 0 Å². The van der Waals surface area contributed by atoms with Gasteiger partial charge in [0, 0.05) is 41.6 Å². The van der Waals surface area contributed by atoms with Crippen molar-refractivity contribution < 1.29 is 4.74 Å². The van der Waals surface area contributed by atoms with Gasteiger partial charge in [0.2, 0.25) is 0 Å². The first-order valence-corrected chi connectivity index (χ1v) is 12.4. The first kappa shape index (κ1) is 21.5. The molecule has 3 aromatic heterocycles. The number of anilines is 3. The van der Waals surface area contributed by atoms with E-state index >= 15 is 0 Å². The van der Waals surface area contributed by atoms with Crippen LogP contribution >= 0.6 is 11.3 Å². The zero-order chi connectivity index (χ0) is 23.6. The second-order valence-electron chi connectivity index (χ2n) is 8.30. The number of rotatable bonds is 5. The molecule has 8 heteroatoms. The van der Waals surface area contributed by atoms with Crippen LogP contribution in [0.4, 0.5) is 17.2 Å². The van der Waals surface area contributed by atoms with E-state index in [1.54, 1.807) is 17.5 Å². The normalized spacial score (nSPS) is 13.8. The van der Waals surface area contributed by atoms with Crippen molar-refractivity contribution in [2.24, 2.45) is 0 Å². The summed E-state index contributed by atoms with van der Waals surface area (Å²) in [6.45, 7) is 3.26. The maximum absolute atomic E-state index is 12.7. The summed E-state index contributed by atoms with van der Waals surface area (Å²) in [5, 5.41) is 7.63. The third-order valence-electron chi connectivity index (χ3n) is 6.05. The summed E-state index contributed by atoms with van der Waals surface area (Å²) in [6.07, 6.45) is 1.66. The number of thiazole rings is 1. The quantitative estimate of drug-likeness (QED) is 0.355. The fourth-order valence-corrected chi connectivity index (χ4v) is 5.07. The molecule has 174 valence electrons. The molecule has 0 spiro atoms. The maximum atomic E-state index is 12.7. The summed E-state index contributed by atoms with van der Waals surface area (Å²) in [4.78, 5) is 27.4. The highest BCUT2D eigenvalue weighted by atomic mass is 32.1. The molecule has 7 nitrogen and oxygen atoms in total. The van der Waals surface area contributed by atoms with Crippen LogP contribution in [0.2, 0.25) is 0 Å². The van der Waals surface area contributed by atoms with Gasteiger partial charge in [-0.25, -0.2) is 9.97 Å². The van der Waals surface area contributed by atoms with E-state index in [4.69, 9.17) is 14.7 Å². The van der Waals surface area contributed by atoms with Gasteiger partial charge in [0.1, 0.15) is 16.5 Å². The lowest BCUT2D eigenvalue weighted by atomic mass is 10.1. The van der Waals surface area contributed by atoms with Crippen molar-refractivity contribution in [1.82, 2.24) is 15.0 Å². The molecule has 1 saturated heterocycles. The van der Waals surface area contributed by atoms with Gasteiger partial charge < -0.3 is 19.9 Å². The second kappa shape index (κ2) is 9.32. The number of benzene rings is 2. The number of nitrogens with one attached hydrogen (secondary N) is 2. The summed E-state index contributed by atoms with van der Waals surface area (Å²) >= 11 is 1.58. The van der Waals surface area contributed by atoms with Gasteiger partial charge in [0.25, 0.3) is 5.56 Å². The minimum Gasteiger partial charge on any atom is -0.378 e. The Hall–Kier alpha value is -4.01. The SMILES string of the molecule is O=c1[nH]ccc2cc(-c3csc(-c4ccccc4)n3)nc(Nc3ccc(N4CCOCC4)cc3)c12. The first-order valence-electron chi connectivity index (χ1n) is 11.5. The molecule has 6 rings (SSSR count). The molecule has 0 radical (unpaired) electrons. The number of hydrogen-bond donors (Lipinski definition) is 2. The molecule has 2 N–H and O–H groups in total. The van der Waals surface area contributed by atoms with Crippen molar-refractivity contribution in [3.05, 3.63) is 88.7 Å². The van der Waals surface area contributed by atoms with E-state index in [9.17, 15) is 4.79 Å². The number of pyridine rings is 2. The van der Waals surface area contributed by atoms with Crippen molar-refractivity contribution in [2.45, 2.75) is 0 Å². The van der Waals surface area contributed by atoms with Gasteiger partial charge in [-0.1, -0.05) is 30.3 Å². The van der Waals surface area contributed by atoms with Gasteiger partial charge in [-0.3, -0.25) is 4.79 Å². The number of nitrogens with zero attached hydrogens (tertiary/aromatic N) is 3. The number of aromatic nitrogens is 3. The standard InChI is InChI=1S/C27H23N5O2S/c33-26-24-19(10-11-28-26)16-22(23-17-35-27(31-23)18-4-2-1-3-5-18)30-25(24)29-20-6-8-21(9-7-20)32-12-14-34-15-13-32/h1-11,16-17H,12-15H2,(H,28,33)(H,29,30). The molecule has 1 fully saturated rings. The minimum atomic E-state index is -0.183. The molecular formula is C27H23N5O2S. The molecule has 35 heavy (non-hydrogen) atoms. The van der Waals surface area contributed by atoms with E-state index in [1.165, 1.54) is 0 Å². The van der Waals surface area contributed by atoms with Crippen molar-refractivity contribution in [3.8, 4) is 22.0 Å². The number of fused-ring (bicyclic) bond motifs is 1. The lowest BCUT2D eigenvalue weighted by molar-refractivity contribution is 0.122. The van der Waals surface area contributed by atoms with Crippen LogP contribution in [-0.2, 0) is 4.74 Å². The highest BCUT2D eigenvalue weighted by molar-refractivity contribution is 7.13. The third-order valence-corrected chi connectivity index (χ3v) is 6.94. The fraction of sp³-hybridized carbons (Fsp3) is 0.148. The smallest absolute Gasteiger partial charge is 0.259 e. The van der Waals surface area contributed by atoms with Gasteiger partial charge in [-0.05, 0) is 41.8 Å². The first-order chi connectivity index (χ1) is 17.2. The molecule has 0 amide bonds. The van der Waals surface area contributed by atoms with E-state index in [0.29, 0.717) is 16.9 Å². The number of morpholine rings is 1.